The SMILES string of the molecule is CC(Sc1nnc(C(F)(F)F)n1N)c1nc2scc(-c3cccs3)c2c(=O)[nH]1. The first-order valence-corrected chi connectivity index (χ1v) is 10.4. The van der Waals surface area contributed by atoms with Crippen LogP contribution >= 0.6 is 34.4 Å². The fourth-order valence-electron chi connectivity index (χ4n) is 2.54. The molecule has 0 spiro atoms. The summed E-state index contributed by atoms with van der Waals surface area (Å²) in [6.45, 7) is 1.69. The molecule has 0 aromatic carbocycles. The van der Waals surface area contributed by atoms with Crippen LogP contribution in [0, 0.1) is 0 Å². The van der Waals surface area contributed by atoms with E-state index in [2.05, 4.69) is 20.2 Å². The molecule has 0 aliphatic heterocycles. The van der Waals surface area contributed by atoms with Crippen molar-refractivity contribution in [2.24, 2.45) is 0 Å². The van der Waals surface area contributed by atoms with Crippen molar-refractivity contribution in [2.45, 2.75) is 23.5 Å². The van der Waals surface area contributed by atoms with Crippen LogP contribution in [-0.4, -0.2) is 24.8 Å². The molecule has 146 valence electrons. The fraction of sp³-hybridized carbons (Fsp3) is 0.200. The third kappa shape index (κ3) is 3.29. The normalized spacial score (nSPS) is 13.3. The van der Waals surface area contributed by atoms with Gasteiger partial charge in [-0.3, -0.25) is 4.79 Å². The Bertz CT molecular complexity index is 1190. The van der Waals surface area contributed by atoms with Gasteiger partial charge in [0.15, 0.2) is 0 Å². The average molecular weight is 444 g/mol. The number of alkyl halides is 3. The first kappa shape index (κ1) is 19.0. The molecule has 28 heavy (non-hydrogen) atoms. The Kier molecular flexibility index (Phi) is 4.67. The molecule has 0 radical (unpaired) electrons. The van der Waals surface area contributed by atoms with Crippen LogP contribution in [0.15, 0.2) is 32.8 Å². The molecule has 0 aliphatic rings. The molecule has 0 bridgehead atoms. The number of fused-ring (bicyclic) bond motifs is 1. The summed E-state index contributed by atoms with van der Waals surface area (Å²) in [7, 11) is 0. The lowest BCUT2D eigenvalue weighted by Gasteiger charge is -2.10. The number of thiophene rings is 2. The van der Waals surface area contributed by atoms with Gasteiger partial charge in [0, 0.05) is 15.8 Å². The van der Waals surface area contributed by atoms with Crippen LogP contribution in [0.5, 0.6) is 0 Å². The third-order valence-corrected chi connectivity index (χ3v) is 6.68. The van der Waals surface area contributed by atoms with Crippen LogP contribution in [-0.2, 0) is 6.18 Å². The second-order valence-corrected chi connectivity index (χ2v) is 8.81. The molecule has 13 heteroatoms. The molecule has 0 amide bonds. The number of nitrogens with two attached hydrogens (primary N) is 1. The monoisotopic (exact) mass is 444 g/mol. The Morgan fingerprint density at radius 2 is 2.11 bits per heavy atom. The van der Waals surface area contributed by atoms with Crippen LogP contribution in [0.3, 0.4) is 0 Å². The van der Waals surface area contributed by atoms with Gasteiger partial charge in [0.2, 0.25) is 5.16 Å². The molecular formula is C15H11F3N6OS3. The molecule has 4 rings (SSSR count). The predicted octanol–water partition coefficient (Wildman–Crippen LogP) is 3.89. The van der Waals surface area contributed by atoms with Crippen molar-refractivity contribution in [2.75, 3.05) is 5.84 Å². The third-order valence-electron chi connectivity index (χ3n) is 3.83. The van der Waals surface area contributed by atoms with Gasteiger partial charge in [-0.15, -0.1) is 32.9 Å². The molecule has 0 fully saturated rings. The molecule has 7 nitrogen and oxygen atoms in total. The number of thioether (sulfide) groups is 1. The number of nitrogen functional groups attached to an aromatic ring is 1. The number of hydrogen-bond donors (Lipinski definition) is 2. The van der Waals surface area contributed by atoms with Gasteiger partial charge < -0.3 is 10.8 Å². The molecule has 4 heterocycles. The second-order valence-electron chi connectivity index (χ2n) is 5.69. The Morgan fingerprint density at radius 3 is 2.75 bits per heavy atom. The fourth-order valence-corrected chi connectivity index (χ4v) is 5.13. The molecule has 0 aliphatic carbocycles. The number of nitrogens with one attached hydrogen (secondary N) is 1. The number of rotatable bonds is 4. The minimum absolute atomic E-state index is 0.131. The highest BCUT2D eigenvalue weighted by atomic mass is 32.2. The summed E-state index contributed by atoms with van der Waals surface area (Å²) in [6.07, 6.45) is -4.70. The Morgan fingerprint density at radius 1 is 1.32 bits per heavy atom. The van der Waals surface area contributed by atoms with Crippen molar-refractivity contribution in [1.29, 1.82) is 0 Å². The van der Waals surface area contributed by atoms with E-state index in [1.54, 1.807) is 6.92 Å². The van der Waals surface area contributed by atoms with Gasteiger partial charge in [0.1, 0.15) is 10.7 Å². The zero-order valence-corrected chi connectivity index (χ0v) is 16.5. The number of H-pyrrole nitrogens is 1. The van der Waals surface area contributed by atoms with Crippen molar-refractivity contribution >= 4 is 44.7 Å². The van der Waals surface area contributed by atoms with E-state index < -0.39 is 17.3 Å². The maximum Gasteiger partial charge on any atom is 0.453 e. The van der Waals surface area contributed by atoms with E-state index in [0.717, 1.165) is 22.2 Å². The number of aromatic nitrogens is 5. The van der Waals surface area contributed by atoms with Crippen molar-refractivity contribution < 1.29 is 13.2 Å². The summed E-state index contributed by atoms with van der Waals surface area (Å²) in [5.41, 5.74) is 0.509. The summed E-state index contributed by atoms with van der Waals surface area (Å²) in [4.78, 5) is 21.3. The smallest absolute Gasteiger partial charge is 0.335 e. The standard InChI is InChI=1S/C15H11F3N6OS3/c1-6(28-14-23-22-13(24(14)19)15(16,17)18)10-20-11(25)9-7(5-27-12(9)21-10)8-3-2-4-26-8/h2-6H,19H2,1H3,(H,20,21,25). The lowest BCUT2D eigenvalue weighted by Crippen LogP contribution is -2.21. The van der Waals surface area contributed by atoms with E-state index in [4.69, 9.17) is 5.84 Å². The minimum Gasteiger partial charge on any atom is -0.335 e. The molecular weight excluding hydrogens is 433 g/mol. The van der Waals surface area contributed by atoms with Crippen LogP contribution in [0.4, 0.5) is 13.2 Å². The number of nitrogens with zero attached hydrogens (tertiary/aromatic N) is 4. The molecule has 4 aromatic heterocycles. The van der Waals surface area contributed by atoms with Gasteiger partial charge in [-0.1, -0.05) is 17.8 Å². The van der Waals surface area contributed by atoms with Gasteiger partial charge >= 0.3 is 6.18 Å². The van der Waals surface area contributed by atoms with Gasteiger partial charge in [-0.2, -0.15) is 13.2 Å². The maximum absolute atomic E-state index is 12.8. The van der Waals surface area contributed by atoms with Crippen LogP contribution in [0.1, 0.15) is 23.8 Å². The van der Waals surface area contributed by atoms with Crippen molar-refractivity contribution in [3.05, 3.63) is 44.9 Å². The van der Waals surface area contributed by atoms with E-state index in [0.29, 0.717) is 20.7 Å². The van der Waals surface area contributed by atoms with E-state index in [1.807, 2.05) is 22.9 Å². The molecule has 3 N–H and O–H groups in total. The van der Waals surface area contributed by atoms with E-state index in [-0.39, 0.29) is 10.7 Å². The second kappa shape index (κ2) is 6.90. The number of hydrogen-bond acceptors (Lipinski definition) is 8. The summed E-state index contributed by atoms with van der Waals surface area (Å²) >= 11 is 3.78. The minimum atomic E-state index is -4.70. The summed E-state index contributed by atoms with van der Waals surface area (Å²) in [5.74, 6) is 4.48. The molecule has 0 saturated carbocycles. The quantitative estimate of drug-likeness (QED) is 0.366. The number of halogens is 3. The highest BCUT2D eigenvalue weighted by Crippen LogP contribution is 2.37. The Labute approximate surface area is 167 Å². The summed E-state index contributed by atoms with van der Waals surface area (Å²) in [5, 5.41) is 10.2. The van der Waals surface area contributed by atoms with E-state index in [1.165, 1.54) is 22.7 Å². The predicted molar refractivity (Wildman–Crippen MR) is 103 cm³/mol. The Hall–Kier alpha value is -2.38. The number of aromatic amines is 1. The zero-order valence-electron chi connectivity index (χ0n) is 14.0. The van der Waals surface area contributed by atoms with Gasteiger partial charge in [0.05, 0.1) is 10.6 Å². The molecule has 0 saturated heterocycles. The summed E-state index contributed by atoms with van der Waals surface area (Å²) < 4.78 is 38.8. The van der Waals surface area contributed by atoms with Gasteiger partial charge in [-0.25, -0.2) is 9.66 Å². The lowest BCUT2D eigenvalue weighted by molar-refractivity contribution is -0.146. The highest BCUT2D eigenvalue weighted by molar-refractivity contribution is 7.99. The zero-order chi connectivity index (χ0) is 20.1. The van der Waals surface area contributed by atoms with Crippen LogP contribution < -0.4 is 11.4 Å². The van der Waals surface area contributed by atoms with Gasteiger partial charge in [-0.05, 0) is 18.4 Å². The first-order chi connectivity index (χ1) is 13.3. The topological polar surface area (TPSA) is 102 Å². The maximum atomic E-state index is 12.8. The van der Waals surface area contributed by atoms with Crippen LogP contribution in [0.2, 0.25) is 0 Å². The molecule has 1 unspecified atom stereocenters. The summed E-state index contributed by atoms with van der Waals surface area (Å²) in [6, 6.07) is 3.82. The average Bonchev–Trinajstić information content (AvgIpc) is 3.34. The van der Waals surface area contributed by atoms with Crippen molar-refractivity contribution in [1.82, 2.24) is 24.8 Å². The lowest BCUT2D eigenvalue weighted by atomic mass is 10.2. The first-order valence-electron chi connectivity index (χ1n) is 7.75. The van der Waals surface area contributed by atoms with Crippen LogP contribution in [0.25, 0.3) is 20.7 Å². The largest absolute Gasteiger partial charge is 0.453 e. The van der Waals surface area contributed by atoms with E-state index >= 15 is 0 Å². The molecule has 1 atom stereocenters. The van der Waals surface area contributed by atoms with Gasteiger partial charge in [0.25, 0.3) is 11.4 Å². The van der Waals surface area contributed by atoms with E-state index in [9.17, 15) is 18.0 Å². The highest BCUT2D eigenvalue weighted by Gasteiger charge is 2.38. The Balaban J connectivity index is 1.67. The van der Waals surface area contributed by atoms with Crippen molar-refractivity contribution in [3.63, 3.8) is 0 Å². The van der Waals surface area contributed by atoms with Crippen molar-refractivity contribution in [3.8, 4) is 10.4 Å². The molecule has 4 aromatic rings.